The van der Waals surface area contributed by atoms with E-state index in [0.29, 0.717) is 15.6 Å². The maximum Gasteiger partial charge on any atom is 0.329 e. The first-order chi connectivity index (χ1) is 9.54. The molecular weight excluding hydrogens is 296 g/mol. The van der Waals surface area contributed by atoms with Crippen molar-refractivity contribution in [3.63, 3.8) is 0 Å². The molecule has 6 heteroatoms. The Kier molecular flexibility index (Phi) is 4.65. The number of hydrogen-bond donors (Lipinski definition) is 2. The van der Waals surface area contributed by atoms with Gasteiger partial charge < -0.3 is 10.8 Å². The van der Waals surface area contributed by atoms with Gasteiger partial charge in [-0.1, -0.05) is 41.9 Å². The molecule has 0 aliphatic carbocycles. The fourth-order valence-electron chi connectivity index (χ4n) is 1.66. The van der Waals surface area contributed by atoms with Gasteiger partial charge in [0.25, 0.3) is 0 Å². The van der Waals surface area contributed by atoms with E-state index in [2.05, 4.69) is 4.98 Å². The molecule has 2 aromatic rings. The zero-order chi connectivity index (χ0) is 14.6. The van der Waals surface area contributed by atoms with E-state index in [0.717, 1.165) is 0 Å². The fourth-order valence-corrected chi connectivity index (χ4v) is 2.94. The van der Waals surface area contributed by atoms with Gasteiger partial charge >= 0.3 is 5.97 Å². The molecule has 0 saturated heterocycles. The molecule has 1 atom stereocenters. The lowest BCUT2D eigenvalue weighted by molar-refractivity contribution is -0.142. The van der Waals surface area contributed by atoms with Crippen LogP contribution in [0, 0.1) is 0 Å². The van der Waals surface area contributed by atoms with Gasteiger partial charge in [-0.05, 0) is 17.7 Å². The first-order valence-electron chi connectivity index (χ1n) is 5.85. The van der Waals surface area contributed by atoms with Crippen LogP contribution in [0.3, 0.4) is 0 Å². The lowest BCUT2D eigenvalue weighted by atomic mass is 9.93. The molecule has 3 N–H and O–H groups in total. The predicted octanol–water partition coefficient (Wildman–Crippen LogP) is 2.77. The molecule has 1 aromatic heterocycles. The first-order valence-corrected chi connectivity index (χ1v) is 7.21. The number of pyridine rings is 1. The number of halogens is 1. The van der Waals surface area contributed by atoms with E-state index in [1.54, 1.807) is 42.6 Å². The molecular formula is C14H13ClN2O2S. The number of benzene rings is 1. The summed E-state index contributed by atoms with van der Waals surface area (Å²) in [5.41, 5.74) is 5.14. The van der Waals surface area contributed by atoms with Crippen molar-refractivity contribution in [3.8, 4) is 0 Å². The second-order valence-corrected chi connectivity index (χ2v) is 5.59. The average Bonchev–Trinajstić information content (AvgIpc) is 2.47. The van der Waals surface area contributed by atoms with Crippen LogP contribution in [0.2, 0.25) is 5.02 Å². The molecule has 0 spiro atoms. The van der Waals surface area contributed by atoms with Gasteiger partial charge in [0.2, 0.25) is 0 Å². The molecule has 4 nitrogen and oxygen atoms in total. The van der Waals surface area contributed by atoms with E-state index in [4.69, 9.17) is 17.3 Å². The summed E-state index contributed by atoms with van der Waals surface area (Å²) >= 11 is 7.24. The second kappa shape index (κ2) is 6.26. The lowest BCUT2D eigenvalue weighted by Crippen LogP contribution is -2.47. The summed E-state index contributed by atoms with van der Waals surface area (Å²) in [6.07, 6.45) is 1.61. The Hall–Kier alpha value is -1.56. The van der Waals surface area contributed by atoms with Crippen molar-refractivity contribution in [1.29, 1.82) is 0 Å². The number of carboxylic acid groups (broad SMARTS) is 1. The molecule has 2 rings (SSSR count). The highest BCUT2D eigenvalue weighted by molar-refractivity contribution is 7.99. The maximum absolute atomic E-state index is 11.5. The van der Waals surface area contributed by atoms with Crippen LogP contribution in [0.4, 0.5) is 0 Å². The summed E-state index contributed by atoms with van der Waals surface area (Å²) in [5, 5.41) is 10.5. The number of nitrogens with two attached hydrogens (primary N) is 1. The average molecular weight is 309 g/mol. The molecule has 1 aromatic carbocycles. The lowest BCUT2D eigenvalue weighted by Gasteiger charge is -2.24. The Morgan fingerprint density at radius 3 is 2.60 bits per heavy atom. The van der Waals surface area contributed by atoms with Gasteiger partial charge in [0.15, 0.2) is 0 Å². The highest BCUT2D eigenvalue weighted by Gasteiger charge is 2.36. The number of aliphatic carboxylic acids is 1. The quantitative estimate of drug-likeness (QED) is 0.831. The van der Waals surface area contributed by atoms with Crippen molar-refractivity contribution < 1.29 is 9.90 Å². The number of carbonyl (C=O) groups is 1. The molecule has 1 unspecified atom stereocenters. The highest BCUT2D eigenvalue weighted by atomic mass is 35.5. The summed E-state index contributed by atoms with van der Waals surface area (Å²) in [7, 11) is 0. The first kappa shape index (κ1) is 14.8. The van der Waals surface area contributed by atoms with E-state index >= 15 is 0 Å². The van der Waals surface area contributed by atoms with Crippen LogP contribution >= 0.6 is 23.4 Å². The largest absolute Gasteiger partial charge is 0.480 e. The molecule has 1 heterocycles. The summed E-state index contributed by atoms with van der Waals surface area (Å²) < 4.78 is 0. The van der Waals surface area contributed by atoms with Crippen LogP contribution in [-0.4, -0.2) is 21.8 Å². The topological polar surface area (TPSA) is 76.2 Å². The minimum absolute atomic E-state index is 0.142. The number of thioether (sulfide) groups is 1. The Balaban J connectivity index is 2.23. The number of carboxylic acids is 1. The fraction of sp³-hybridized carbons (Fsp3) is 0.143. The standard InChI is InChI=1S/C14H13ClN2O2S/c15-11-7-4-8-17-12(11)20-9-14(16,13(18)19)10-5-2-1-3-6-10/h1-8H,9,16H2,(H,18,19). The van der Waals surface area contributed by atoms with Crippen LogP contribution in [0.5, 0.6) is 0 Å². The molecule has 0 aliphatic rings. The molecule has 0 saturated carbocycles. The van der Waals surface area contributed by atoms with Gasteiger partial charge in [0.1, 0.15) is 10.6 Å². The summed E-state index contributed by atoms with van der Waals surface area (Å²) in [5.74, 6) is -0.938. The van der Waals surface area contributed by atoms with Gasteiger partial charge in [-0.25, -0.2) is 9.78 Å². The van der Waals surface area contributed by atoms with Crippen molar-refractivity contribution in [1.82, 2.24) is 4.98 Å². The van der Waals surface area contributed by atoms with Crippen molar-refractivity contribution in [3.05, 3.63) is 59.2 Å². The van der Waals surface area contributed by atoms with E-state index < -0.39 is 11.5 Å². The van der Waals surface area contributed by atoms with Crippen LogP contribution < -0.4 is 5.73 Å². The zero-order valence-electron chi connectivity index (χ0n) is 10.5. The Morgan fingerprint density at radius 2 is 2.00 bits per heavy atom. The van der Waals surface area contributed by atoms with Crippen LogP contribution in [0.1, 0.15) is 5.56 Å². The van der Waals surface area contributed by atoms with Crippen molar-refractivity contribution in [2.45, 2.75) is 10.6 Å². The van der Waals surface area contributed by atoms with Crippen molar-refractivity contribution in [2.24, 2.45) is 5.73 Å². The maximum atomic E-state index is 11.5. The molecule has 20 heavy (non-hydrogen) atoms. The van der Waals surface area contributed by atoms with Crippen LogP contribution in [0.25, 0.3) is 0 Å². The van der Waals surface area contributed by atoms with Crippen LogP contribution in [0.15, 0.2) is 53.7 Å². The van der Waals surface area contributed by atoms with Gasteiger partial charge in [-0.2, -0.15) is 0 Å². The molecule has 0 aliphatic heterocycles. The Bertz CT molecular complexity index is 609. The van der Waals surface area contributed by atoms with Gasteiger partial charge in [0.05, 0.1) is 5.02 Å². The Morgan fingerprint density at radius 1 is 1.30 bits per heavy atom. The third kappa shape index (κ3) is 3.12. The predicted molar refractivity (Wildman–Crippen MR) is 79.9 cm³/mol. The number of rotatable bonds is 5. The van der Waals surface area contributed by atoms with Crippen molar-refractivity contribution in [2.75, 3.05) is 5.75 Å². The van der Waals surface area contributed by atoms with E-state index in [9.17, 15) is 9.90 Å². The molecule has 0 fully saturated rings. The molecule has 0 radical (unpaired) electrons. The normalized spacial score (nSPS) is 13.7. The summed E-state index contributed by atoms with van der Waals surface area (Å²) in [6, 6.07) is 12.2. The van der Waals surface area contributed by atoms with E-state index in [-0.39, 0.29) is 5.75 Å². The van der Waals surface area contributed by atoms with Gasteiger partial charge in [0, 0.05) is 11.9 Å². The number of hydrogen-bond acceptors (Lipinski definition) is 4. The van der Waals surface area contributed by atoms with Gasteiger partial charge in [-0.15, -0.1) is 11.8 Å². The molecule has 0 bridgehead atoms. The number of nitrogens with zero attached hydrogens (tertiary/aromatic N) is 1. The second-order valence-electron chi connectivity index (χ2n) is 4.22. The summed E-state index contributed by atoms with van der Waals surface area (Å²) in [4.78, 5) is 15.7. The molecule has 104 valence electrons. The minimum Gasteiger partial charge on any atom is -0.480 e. The third-order valence-corrected chi connectivity index (χ3v) is 4.45. The minimum atomic E-state index is -1.48. The Labute approximate surface area is 126 Å². The van der Waals surface area contributed by atoms with Crippen LogP contribution in [-0.2, 0) is 10.3 Å². The smallest absolute Gasteiger partial charge is 0.329 e. The highest BCUT2D eigenvalue weighted by Crippen LogP contribution is 2.30. The zero-order valence-corrected chi connectivity index (χ0v) is 12.1. The molecule has 0 amide bonds. The van der Waals surface area contributed by atoms with E-state index in [1.807, 2.05) is 6.07 Å². The third-order valence-electron chi connectivity index (χ3n) is 2.83. The van der Waals surface area contributed by atoms with Gasteiger partial charge in [-0.3, -0.25) is 0 Å². The summed E-state index contributed by atoms with van der Waals surface area (Å²) in [6.45, 7) is 0. The van der Waals surface area contributed by atoms with E-state index in [1.165, 1.54) is 11.8 Å². The van der Waals surface area contributed by atoms with Crippen molar-refractivity contribution >= 4 is 29.3 Å². The monoisotopic (exact) mass is 308 g/mol. The number of aromatic nitrogens is 1. The SMILES string of the molecule is NC(CSc1ncccc1Cl)(C(=O)O)c1ccccc1.